The van der Waals surface area contributed by atoms with Crippen LogP contribution in [0, 0.1) is 5.92 Å². The Labute approximate surface area is 125 Å². The Bertz CT molecular complexity index is 562. The minimum Gasteiger partial charge on any atom is -0.342 e. The molecule has 1 aliphatic heterocycles. The van der Waals surface area contributed by atoms with E-state index in [9.17, 15) is 13.2 Å². The van der Waals surface area contributed by atoms with E-state index in [1.54, 1.807) is 10.9 Å². The highest BCUT2D eigenvalue weighted by molar-refractivity contribution is 7.88. The predicted molar refractivity (Wildman–Crippen MR) is 79.0 cm³/mol. The summed E-state index contributed by atoms with van der Waals surface area (Å²) < 4.78 is 26.8. The molecule has 1 saturated heterocycles. The summed E-state index contributed by atoms with van der Waals surface area (Å²) >= 11 is 0. The number of piperidine rings is 1. The van der Waals surface area contributed by atoms with E-state index in [4.69, 9.17) is 0 Å². The third-order valence-electron chi connectivity index (χ3n) is 3.63. The fourth-order valence-corrected chi connectivity index (χ4v) is 3.44. The minimum absolute atomic E-state index is 0.0644. The first kappa shape index (κ1) is 16.0. The summed E-state index contributed by atoms with van der Waals surface area (Å²) in [5, 5.41) is 4.11. The van der Waals surface area contributed by atoms with E-state index >= 15 is 0 Å². The van der Waals surface area contributed by atoms with Crippen molar-refractivity contribution in [2.45, 2.75) is 32.4 Å². The summed E-state index contributed by atoms with van der Waals surface area (Å²) in [6.07, 6.45) is 6.02. The van der Waals surface area contributed by atoms with Crippen molar-refractivity contribution in [2.24, 2.45) is 5.92 Å². The highest BCUT2D eigenvalue weighted by Gasteiger charge is 2.27. The lowest BCUT2D eigenvalue weighted by Gasteiger charge is -2.33. The number of likely N-dealkylation sites (tertiary alicyclic amines) is 1. The quantitative estimate of drug-likeness (QED) is 0.833. The third kappa shape index (κ3) is 4.82. The van der Waals surface area contributed by atoms with Gasteiger partial charge >= 0.3 is 0 Å². The average Bonchev–Trinajstić information content (AvgIpc) is 2.90. The van der Waals surface area contributed by atoms with Gasteiger partial charge in [0.15, 0.2) is 0 Å². The SMILES string of the molecule is C[C@H](Cn1cccn1)C(=O)N1CCC(NS(C)(=O)=O)CC1. The molecule has 1 amide bonds. The molecular formula is C13H22N4O3S. The minimum atomic E-state index is -3.18. The van der Waals surface area contributed by atoms with Gasteiger partial charge < -0.3 is 4.90 Å². The molecule has 0 bridgehead atoms. The molecular weight excluding hydrogens is 292 g/mol. The van der Waals surface area contributed by atoms with Crippen LogP contribution in [-0.4, -0.2) is 54.4 Å². The van der Waals surface area contributed by atoms with Gasteiger partial charge in [-0.25, -0.2) is 13.1 Å². The first-order valence-corrected chi connectivity index (χ1v) is 8.98. The van der Waals surface area contributed by atoms with Crippen molar-refractivity contribution in [3.63, 3.8) is 0 Å². The lowest BCUT2D eigenvalue weighted by atomic mass is 10.0. The summed E-state index contributed by atoms with van der Waals surface area (Å²) in [7, 11) is -3.18. The van der Waals surface area contributed by atoms with Crippen LogP contribution in [0.15, 0.2) is 18.5 Å². The number of amides is 1. The highest BCUT2D eigenvalue weighted by atomic mass is 32.2. The molecule has 8 heteroatoms. The van der Waals surface area contributed by atoms with Gasteiger partial charge in [0.25, 0.3) is 0 Å². The first-order valence-electron chi connectivity index (χ1n) is 7.08. The van der Waals surface area contributed by atoms with E-state index in [0.29, 0.717) is 32.5 Å². The zero-order valence-corrected chi connectivity index (χ0v) is 13.2. The smallest absolute Gasteiger partial charge is 0.227 e. The molecule has 1 aromatic heterocycles. The van der Waals surface area contributed by atoms with Crippen LogP contribution in [0.1, 0.15) is 19.8 Å². The topological polar surface area (TPSA) is 84.3 Å². The number of aromatic nitrogens is 2. The third-order valence-corrected chi connectivity index (χ3v) is 4.39. The molecule has 0 aliphatic carbocycles. The van der Waals surface area contributed by atoms with Crippen LogP contribution in [0.3, 0.4) is 0 Å². The van der Waals surface area contributed by atoms with Crippen LogP contribution < -0.4 is 4.72 Å². The lowest BCUT2D eigenvalue weighted by Crippen LogP contribution is -2.48. The normalized spacial score (nSPS) is 18.7. The van der Waals surface area contributed by atoms with E-state index in [0.717, 1.165) is 6.26 Å². The number of carbonyl (C=O) groups excluding carboxylic acids is 1. The molecule has 21 heavy (non-hydrogen) atoms. The van der Waals surface area contributed by atoms with Crippen molar-refractivity contribution in [2.75, 3.05) is 19.3 Å². The van der Waals surface area contributed by atoms with E-state index in [1.165, 1.54) is 0 Å². The number of rotatable bonds is 5. The van der Waals surface area contributed by atoms with Gasteiger partial charge in [-0.2, -0.15) is 5.10 Å². The summed E-state index contributed by atoms with van der Waals surface area (Å²) in [6, 6.07) is 1.77. The largest absolute Gasteiger partial charge is 0.342 e. The Kier molecular flexibility index (Phi) is 5.00. The molecule has 118 valence electrons. The average molecular weight is 314 g/mol. The van der Waals surface area contributed by atoms with Crippen molar-refractivity contribution >= 4 is 15.9 Å². The second kappa shape index (κ2) is 6.57. The fraction of sp³-hybridized carbons (Fsp3) is 0.692. The van der Waals surface area contributed by atoms with Gasteiger partial charge in [0.2, 0.25) is 15.9 Å². The van der Waals surface area contributed by atoms with Gasteiger partial charge in [0.05, 0.1) is 18.7 Å². The number of hydrogen-bond acceptors (Lipinski definition) is 4. The fourth-order valence-electron chi connectivity index (χ4n) is 2.60. The zero-order valence-electron chi connectivity index (χ0n) is 12.4. The molecule has 1 aromatic rings. The number of sulfonamides is 1. The van der Waals surface area contributed by atoms with Gasteiger partial charge in [-0.05, 0) is 18.9 Å². The van der Waals surface area contributed by atoms with Crippen molar-refractivity contribution in [3.05, 3.63) is 18.5 Å². The van der Waals surface area contributed by atoms with Gasteiger partial charge in [0.1, 0.15) is 0 Å². The molecule has 7 nitrogen and oxygen atoms in total. The lowest BCUT2D eigenvalue weighted by molar-refractivity contribution is -0.136. The van der Waals surface area contributed by atoms with E-state index < -0.39 is 10.0 Å². The Morgan fingerprint density at radius 2 is 2.10 bits per heavy atom. The summed E-state index contributed by atoms with van der Waals surface area (Å²) in [5.41, 5.74) is 0. The Hall–Kier alpha value is -1.41. The van der Waals surface area contributed by atoms with Crippen LogP contribution >= 0.6 is 0 Å². The van der Waals surface area contributed by atoms with E-state index in [1.807, 2.05) is 24.1 Å². The molecule has 0 unspecified atom stereocenters. The van der Waals surface area contributed by atoms with Crippen LogP contribution in [0.5, 0.6) is 0 Å². The number of carbonyl (C=O) groups is 1. The molecule has 0 saturated carbocycles. The summed E-state index contributed by atoms with van der Waals surface area (Å²) in [5.74, 6) is -0.0346. The molecule has 0 radical (unpaired) electrons. The Morgan fingerprint density at radius 3 is 2.62 bits per heavy atom. The molecule has 1 atom stereocenters. The van der Waals surface area contributed by atoms with Gasteiger partial charge in [-0.15, -0.1) is 0 Å². The van der Waals surface area contributed by atoms with Crippen molar-refractivity contribution in [1.82, 2.24) is 19.4 Å². The Morgan fingerprint density at radius 1 is 1.43 bits per heavy atom. The van der Waals surface area contributed by atoms with Gasteiger partial charge in [-0.3, -0.25) is 9.48 Å². The van der Waals surface area contributed by atoms with E-state index in [-0.39, 0.29) is 17.9 Å². The summed E-state index contributed by atoms with van der Waals surface area (Å²) in [4.78, 5) is 14.2. The van der Waals surface area contributed by atoms with Crippen molar-refractivity contribution in [1.29, 1.82) is 0 Å². The van der Waals surface area contributed by atoms with Crippen LogP contribution in [0.25, 0.3) is 0 Å². The zero-order chi connectivity index (χ0) is 15.5. The van der Waals surface area contributed by atoms with Crippen LogP contribution in [0.4, 0.5) is 0 Å². The summed E-state index contributed by atoms with van der Waals surface area (Å²) in [6.45, 7) is 3.64. The standard InChI is InChI=1S/C13H22N4O3S/c1-11(10-17-7-3-6-14-17)13(18)16-8-4-12(5-9-16)15-21(2,19)20/h3,6-7,11-12,15H,4-5,8-10H2,1-2H3/t11-/m1/s1. The molecule has 2 heterocycles. The van der Waals surface area contributed by atoms with Crippen LogP contribution in [0.2, 0.25) is 0 Å². The number of hydrogen-bond donors (Lipinski definition) is 1. The van der Waals surface area contributed by atoms with Crippen LogP contribution in [-0.2, 0) is 21.4 Å². The number of nitrogens with one attached hydrogen (secondary N) is 1. The first-order chi connectivity index (χ1) is 9.85. The molecule has 0 spiro atoms. The molecule has 1 fully saturated rings. The van der Waals surface area contributed by atoms with Gasteiger partial charge in [0, 0.05) is 31.5 Å². The molecule has 1 N–H and O–H groups in total. The highest BCUT2D eigenvalue weighted by Crippen LogP contribution is 2.15. The molecule has 0 aromatic carbocycles. The second-order valence-corrected chi connectivity index (χ2v) is 7.40. The van der Waals surface area contributed by atoms with Gasteiger partial charge in [-0.1, -0.05) is 6.92 Å². The van der Waals surface area contributed by atoms with E-state index in [2.05, 4.69) is 9.82 Å². The maximum Gasteiger partial charge on any atom is 0.227 e. The maximum absolute atomic E-state index is 12.4. The molecule has 2 rings (SSSR count). The number of nitrogens with zero attached hydrogens (tertiary/aromatic N) is 3. The molecule has 1 aliphatic rings. The predicted octanol–water partition coefficient (Wildman–Crippen LogP) is 0.0594. The Balaban J connectivity index is 1.82. The maximum atomic E-state index is 12.4. The monoisotopic (exact) mass is 314 g/mol. The second-order valence-electron chi connectivity index (χ2n) is 5.62. The van der Waals surface area contributed by atoms with Crippen molar-refractivity contribution in [3.8, 4) is 0 Å². The van der Waals surface area contributed by atoms with Crippen molar-refractivity contribution < 1.29 is 13.2 Å².